The molecule has 3 rings (SSSR count). The van der Waals surface area contributed by atoms with Crippen LogP contribution in [0, 0.1) is 5.82 Å². The van der Waals surface area contributed by atoms with Gasteiger partial charge in [0.05, 0.1) is 13.7 Å². The Hall–Kier alpha value is -2.60. The minimum absolute atomic E-state index is 0.203. The topological polar surface area (TPSA) is 46.1 Å². The second-order valence-electron chi connectivity index (χ2n) is 7.78. The Labute approximate surface area is 178 Å². The van der Waals surface area contributed by atoms with Gasteiger partial charge < -0.3 is 19.7 Å². The number of benzene rings is 2. The number of guanidine groups is 1. The zero-order valence-electron chi connectivity index (χ0n) is 18.2. The first kappa shape index (κ1) is 22.1. The van der Waals surface area contributed by atoms with Crippen LogP contribution in [-0.2, 0) is 16.7 Å². The van der Waals surface area contributed by atoms with E-state index in [4.69, 9.17) is 14.5 Å². The van der Waals surface area contributed by atoms with Crippen LogP contribution in [0.5, 0.6) is 5.75 Å². The van der Waals surface area contributed by atoms with Gasteiger partial charge in [-0.3, -0.25) is 4.99 Å². The molecule has 1 saturated heterocycles. The predicted octanol–water partition coefficient (Wildman–Crippen LogP) is 3.98. The molecule has 2 aromatic carbocycles. The molecule has 0 radical (unpaired) electrons. The molecule has 0 saturated carbocycles. The van der Waals surface area contributed by atoms with Gasteiger partial charge in [-0.2, -0.15) is 0 Å². The molecule has 0 amide bonds. The Morgan fingerprint density at radius 1 is 1.20 bits per heavy atom. The molecule has 0 unspecified atom stereocenters. The Morgan fingerprint density at radius 3 is 2.57 bits per heavy atom. The number of aliphatic imine (C=N–C) groups is 1. The number of nitrogens with zero attached hydrogens (tertiary/aromatic N) is 2. The fourth-order valence-corrected chi connectivity index (χ4v) is 3.89. The highest BCUT2D eigenvalue weighted by Gasteiger charge is 2.35. The number of rotatable bonds is 7. The zero-order valence-corrected chi connectivity index (χ0v) is 18.2. The highest BCUT2D eigenvalue weighted by molar-refractivity contribution is 5.79. The molecule has 1 N–H and O–H groups in total. The van der Waals surface area contributed by atoms with E-state index in [-0.39, 0.29) is 11.2 Å². The van der Waals surface area contributed by atoms with Crippen molar-refractivity contribution in [3.05, 3.63) is 65.5 Å². The molecule has 0 atom stereocenters. The van der Waals surface area contributed by atoms with Crippen molar-refractivity contribution < 1.29 is 13.9 Å². The predicted molar refractivity (Wildman–Crippen MR) is 119 cm³/mol. The highest BCUT2D eigenvalue weighted by atomic mass is 19.1. The highest BCUT2D eigenvalue weighted by Crippen LogP contribution is 2.35. The molecular formula is C24H32FN3O2. The van der Waals surface area contributed by atoms with Crippen molar-refractivity contribution in [2.75, 3.05) is 40.5 Å². The van der Waals surface area contributed by atoms with Gasteiger partial charge in [0.2, 0.25) is 0 Å². The van der Waals surface area contributed by atoms with E-state index in [1.54, 1.807) is 19.2 Å². The summed E-state index contributed by atoms with van der Waals surface area (Å²) in [5, 5.41) is 3.39. The van der Waals surface area contributed by atoms with E-state index in [0.717, 1.165) is 43.2 Å². The Kier molecular flexibility index (Phi) is 7.69. The first-order valence-corrected chi connectivity index (χ1v) is 10.5. The average Bonchev–Trinajstić information content (AvgIpc) is 2.77. The lowest BCUT2D eigenvalue weighted by Crippen LogP contribution is -2.41. The summed E-state index contributed by atoms with van der Waals surface area (Å²) in [6.07, 6.45) is 1.67. The summed E-state index contributed by atoms with van der Waals surface area (Å²) in [7, 11) is 3.70. The SMILES string of the molecule is CCNC(=NCC1(c2cccc(F)c2)CCOCC1)N(C)Cc1ccc(OC)cc1. The van der Waals surface area contributed by atoms with Gasteiger partial charge in [-0.15, -0.1) is 0 Å². The lowest BCUT2D eigenvalue weighted by molar-refractivity contribution is 0.0529. The lowest BCUT2D eigenvalue weighted by atomic mass is 9.74. The van der Waals surface area contributed by atoms with Crippen molar-refractivity contribution in [2.24, 2.45) is 4.99 Å². The number of ether oxygens (including phenoxy) is 2. The second kappa shape index (κ2) is 10.4. The summed E-state index contributed by atoms with van der Waals surface area (Å²) >= 11 is 0. The first-order chi connectivity index (χ1) is 14.6. The molecule has 5 nitrogen and oxygen atoms in total. The zero-order chi connectivity index (χ0) is 21.4. The van der Waals surface area contributed by atoms with Crippen molar-refractivity contribution >= 4 is 5.96 Å². The van der Waals surface area contributed by atoms with Crippen LogP contribution in [0.4, 0.5) is 4.39 Å². The van der Waals surface area contributed by atoms with Crippen LogP contribution in [0.3, 0.4) is 0 Å². The van der Waals surface area contributed by atoms with E-state index in [0.29, 0.717) is 19.8 Å². The summed E-state index contributed by atoms with van der Waals surface area (Å²) < 4.78 is 24.8. The maximum absolute atomic E-state index is 13.9. The molecule has 6 heteroatoms. The standard InChI is InChI=1S/C24H32FN3O2/c1-4-26-23(28(2)17-19-8-10-22(29-3)11-9-19)27-18-24(12-14-30-15-13-24)20-6-5-7-21(25)16-20/h5-11,16H,4,12-15,17-18H2,1-3H3,(H,26,27). The van der Waals surface area contributed by atoms with Crippen LogP contribution < -0.4 is 10.1 Å². The number of halogens is 1. The maximum atomic E-state index is 13.9. The largest absolute Gasteiger partial charge is 0.497 e. The van der Waals surface area contributed by atoms with Crippen LogP contribution >= 0.6 is 0 Å². The van der Waals surface area contributed by atoms with Gasteiger partial charge in [-0.1, -0.05) is 24.3 Å². The average molecular weight is 414 g/mol. The van der Waals surface area contributed by atoms with E-state index in [2.05, 4.69) is 29.3 Å². The molecule has 1 aliphatic heterocycles. The third-order valence-electron chi connectivity index (χ3n) is 5.69. The summed E-state index contributed by atoms with van der Waals surface area (Å²) in [6, 6.07) is 15.0. The summed E-state index contributed by atoms with van der Waals surface area (Å²) in [5.74, 6) is 1.49. The van der Waals surface area contributed by atoms with Gasteiger partial charge in [0, 0.05) is 38.8 Å². The van der Waals surface area contributed by atoms with Crippen LogP contribution in [0.2, 0.25) is 0 Å². The smallest absolute Gasteiger partial charge is 0.193 e. The van der Waals surface area contributed by atoms with Gasteiger partial charge >= 0.3 is 0 Å². The second-order valence-corrected chi connectivity index (χ2v) is 7.78. The third kappa shape index (κ3) is 5.51. The Balaban J connectivity index is 1.79. The molecule has 1 heterocycles. The molecular weight excluding hydrogens is 381 g/mol. The maximum Gasteiger partial charge on any atom is 0.193 e. The summed E-state index contributed by atoms with van der Waals surface area (Å²) in [6.45, 7) is 5.50. The van der Waals surface area contributed by atoms with Crippen molar-refractivity contribution in [3.63, 3.8) is 0 Å². The fraction of sp³-hybridized carbons (Fsp3) is 0.458. The van der Waals surface area contributed by atoms with Crippen molar-refractivity contribution in [3.8, 4) is 5.75 Å². The molecule has 0 aliphatic carbocycles. The van der Waals surface area contributed by atoms with Gasteiger partial charge in [0.15, 0.2) is 5.96 Å². The van der Waals surface area contributed by atoms with Crippen LogP contribution in [0.15, 0.2) is 53.5 Å². The molecule has 0 aromatic heterocycles. The molecule has 0 bridgehead atoms. The minimum atomic E-state index is -0.206. The normalized spacial score (nSPS) is 16.2. The molecule has 0 spiro atoms. The van der Waals surface area contributed by atoms with E-state index in [9.17, 15) is 4.39 Å². The first-order valence-electron chi connectivity index (χ1n) is 10.5. The summed E-state index contributed by atoms with van der Waals surface area (Å²) in [5.41, 5.74) is 1.97. The number of methoxy groups -OCH3 is 1. The van der Waals surface area contributed by atoms with E-state index >= 15 is 0 Å². The Morgan fingerprint density at radius 2 is 1.93 bits per heavy atom. The third-order valence-corrected chi connectivity index (χ3v) is 5.69. The number of nitrogens with one attached hydrogen (secondary N) is 1. The number of hydrogen-bond donors (Lipinski definition) is 1. The molecule has 1 aliphatic rings. The molecule has 162 valence electrons. The number of hydrogen-bond acceptors (Lipinski definition) is 3. The van der Waals surface area contributed by atoms with Gasteiger partial charge in [0.1, 0.15) is 11.6 Å². The molecule has 30 heavy (non-hydrogen) atoms. The van der Waals surface area contributed by atoms with E-state index < -0.39 is 0 Å². The van der Waals surface area contributed by atoms with Crippen LogP contribution in [0.1, 0.15) is 30.9 Å². The lowest BCUT2D eigenvalue weighted by Gasteiger charge is -2.37. The monoisotopic (exact) mass is 413 g/mol. The summed E-state index contributed by atoms with van der Waals surface area (Å²) in [4.78, 5) is 7.09. The van der Waals surface area contributed by atoms with Gasteiger partial charge in [0.25, 0.3) is 0 Å². The Bertz CT molecular complexity index is 833. The molecule has 1 fully saturated rings. The van der Waals surface area contributed by atoms with Crippen molar-refractivity contribution in [2.45, 2.75) is 31.7 Å². The van der Waals surface area contributed by atoms with E-state index in [1.807, 2.05) is 25.2 Å². The molecule has 2 aromatic rings. The van der Waals surface area contributed by atoms with Crippen LogP contribution in [0.25, 0.3) is 0 Å². The fourth-order valence-electron chi connectivity index (χ4n) is 3.89. The van der Waals surface area contributed by atoms with Crippen molar-refractivity contribution in [1.82, 2.24) is 10.2 Å². The quantitative estimate of drug-likeness (QED) is 0.551. The van der Waals surface area contributed by atoms with Crippen LogP contribution in [-0.4, -0.2) is 51.3 Å². The van der Waals surface area contributed by atoms with E-state index in [1.165, 1.54) is 11.6 Å². The van der Waals surface area contributed by atoms with Crippen molar-refractivity contribution in [1.29, 1.82) is 0 Å². The van der Waals surface area contributed by atoms with Gasteiger partial charge in [-0.25, -0.2) is 4.39 Å². The van der Waals surface area contributed by atoms with Gasteiger partial charge in [-0.05, 0) is 55.2 Å². The minimum Gasteiger partial charge on any atom is -0.497 e.